The number of halogens is 1. The van der Waals surface area contributed by atoms with E-state index in [2.05, 4.69) is 14.6 Å². The minimum atomic E-state index is -3.88. The molecule has 0 saturated carbocycles. The fraction of sp³-hybridized carbons (Fsp3) is 0.238. The van der Waals surface area contributed by atoms with E-state index in [1.807, 2.05) is 48.9 Å². The molecule has 0 aliphatic rings. The molecule has 0 bridgehead atoms. The highest BCUT2D eigenvalue weighted by molar-refractivity contribution is 7.89. The van der Waals surface area contributed by atoms with Gasteiger partial charge in [-0.25, -0.2) is 22.6 Å². The van der Waals surface area contributed by atoms with Crippen LogP contribution in [-0.4, -0.2) is 37.8 Å². The van der Waals surface area contributed by atoms with E-state index in [4.69, 9.17) is 11.6 Å². The molecule has 0 fully saturated rings. The molecule has 0 amide bonds. The lowest BCUT2D eigenvalue weighted by Gasteiger charge is -2.10. The van der Waals surface area contributed by atoms with Crippen LogP contribution in [0.3, 0.4) is 0 Å². The molecule has 7 nitrogen and oxygen atoms in total. The van der Waals surface area contributed by atoms with Gasteiger partial charge in [0, 0.05) is 12.2 Å². The van der Waals surface area contributed by atoms with E-state index in [-0.39, 0.29) is 22.0 Å². The first-order valence-electron chi connectivity index (χ1n) is 9.21. The molecule has 0 saturated heterocycles. The van der Waals surface area contributed by atoms with Crippen molar-refractivity contribution in [3.05, 3.63) is 76.1 Å². The van der Waals surface area contributed by atoms with Crippen molar-refractivity contribution in [3.63, 3.8) is 0 Å². The number of aryl methyl sites for hydroxylation is 2. The van der Waals surface area contributed by atoms with Crippen molar-refractivity contribution in [2.45, 2.75) is 25.2 Å². The molecule has 1 N–H and O–H groups in total. The molecule has 0 unspecified atom stereocenters. The number of nitrogens with zero attached hydrogens (tertiary/aromatic N) is 2. The van der Waals surface area contributed by atoms with Gasteiger partial charge in [-0.15, -0.1) is 0 Å². The van der Waals surface area contributed by atoms with Crippen LogP contribution >= 0.6 is 11.6 Å². The fourth-order valence-electron chi connectivity index (χ4n) is 3.06. The smallest absolute Gasteiger partial charge is 0.337 e. The average Bonchev–Trinajstić information content (AvgIpc) is 3.06. The van der Waals surface area contributed by atoms with Crippen LogP contribution in [-0.2, 0) is 21.2 Å². The summed E-state index contributed by atoms with van der Waals surface area (Å²) >= 11 is 6.04. The minimum Gasteiger partial charge on any atom is -0.465 e. The van der Waals surface area contributed by atoms with E-state index in [9.17, 15) is 13.2 Å². The Balaban J connectivity index is 1.67. The Morgan fingerprint density at radius 3 is 2.43 bits per heavy atom. The van der Waals surface area contributed by atoms with Gasteiger partial charge in [0.1, 0.15) is 4.90 Å². The Bertz CT molecular complexity index is 1170. The van der Waals surface area contributed by atoms with Crippen LogP contribution in [0.2, 0.25) is 5.02 Å². The minimum absolute atomic E-state index is 0.0318. The molecule has 9 heteroatoms. The maximum atomic E-state index is 12.6. The van der Waals surface area contributed by atoms with Crippen molar-refractivity contribution in [2.24, 2.45) is 0 Å². The van der Waals surface area contributed by atoms with Crippen LogP contribution in [0, 0.1) is 13.8 Å². The third kappa shape index (κ3) is 4.89. The van der Waals surface area contributed by atoms with Crippen LogP contribution in [0.15, 0.2) is 53.4 Å². The number of carbonyl (C=O) groups is 1. The van der Waals surface area contributed by atoms with Gasteiger partial charge in [-0.1, -0.05) is 23.7 Å². The highest BCUT2D eigenvalue weighted by Gasteiger charge is 2.20. The molecule has 0 aliphatic heterocycles. The zero-order valence-corrected chi connectivity index (χ0v) is 18.4. The highest BCUT2D eigenvalue weighted by Crippen LogP contribution is 2.23. The number of aromatic nitrogens is 2. The lowest BCUT2D eigenvalue weighted by molar-refractivity contribution is 0.0600. The number of carbonyl (C=O) groups excluding carboxylic acids is 1. The predicted octanol–water partition coefficient (Wildman–Crippen LogP) is 3.45. The van der Waals surface area contributed by atoms with Gasteiger partial charge in [0.2, 0.25) is 10.0 Å². The molecule has 30 heavy (non-hydrogen) atoms. The first-order chi connectivity index (χ1) is 14.2. The topological polar surface area (TPSA) is 90.3 Å². The van der Waals surface area contributed by atoms with Gasteiger partial charge in [-0.2, -0.15) is 5.10 Å². The van der Waals surface area contributed by atoms with Crippen molar-refractivity contribution in [1.82, 2.24) is 14.5 Å². The molecule has 3 aromatic rings. The second-order valence-electron chi connectivity index (χ2n) is 6.79. The Hall–Kier alpha value is -2.68. The molecule has 1 heterocycles. The Morgan fingerprint density at radius 2 is 1.83 bits per heavy atom. The van der Waals surface area contributed by atoms with Crippen molar-refractivity contribution in [3.8, 4) is 5.69 Å². The summed E-state index contributed by atoms with van der Waals surface area (Å²) in [4.78, 5) is 11.5. The van der Waals surface area contributed by atoms with Gasteiger partial charge in [-0.05, 0) is 62.2 Å². The number of esters is 1. The Kier molecular flexibility index (Phi) is 6.60. The van der Waals surface area contributed by atoms with E-state index in [0.29, 0.717) is 6.42 Å². The summed E-state index contributed by atoms with van der Waals surface area (Å²) in [7, 11) is -2.66. The lowest BCUT2D eigenvalue weighted by Crippen LogP contribution is -2.26. The van der Waals surface area contributed by atoms with Crippen LogP contribution in [0.1, 0.15) is 27.3 Å². The zero-order chi connectivity index (χ0) is 21.9. The SMILES string of the molecule is COC(=O)c1ccc(Cl)c(S(=O)(=O)NCCc2ccc(-n3nc(C)cc3C)cc2)c1. The van der Waals surface area contributed by atoms with Crippen LogP contribution < -0.4 is 4.72 Å². The standard InChI is InChI=1S/C21H22ClN3O4S/c1-14-12-15(2)25(24-14)18-7-4-16(5-8-18)10-11-23-30(27,28)20-13-17(21(26)29-3)6-9-19(20)22/h4-9,12-13,23H,10-11H2,1-3H3. The lowest BCUT2D eigenvalue weighted by atomic mass is 10.1. The van der Waals surface area contributed by atoms with Gasteiger partial charge >= 0.3 is 5.97 Å². The first kappa shape index (κ1) is 22.0. The van der Waals surface area contributed by atoms with Crippen LogP contribution in [0.5, 0.6) is 0 Å². The first-order valence-corrected chi connectivity index (χ1v) is 11.1. The average molecular weight is 448 g/mol. The molecule has 0 aliphatic carbocycles. The van der Waals surface area contributed by atoms with Crippen LogP contribution in [0.4, 0.5) is 0 Å². The number of nitrogens with one attached hydrogen (secondary N) is 1. The molecular weight excluding hydrogens is 426 g/mol. The van der Waals surface area contributed by atoms with Crippen molar-refractivity contribution in [2.75, 3.05) is 13.7 Å². The largest absolute Gasteiger partial charge is 0.465 e. The van der Waals surface area contributed by atoms with Crippen LogP contribution in [0.25, 0.3) is 5.69 Å². The quantitative estimate of drug-likeness (QED) is 0.560. The van der Waals surface area contributed by atoms with E-state index >= 15 is 0 Å². The Labute approximate surface area is 180 Å². The maximum absolute atomic E-state index is 12.6. The second kappa shape index (κ2) is 8.99. The fourth-order valence-corrected chi connectivity index (χ4v) is 4.61. The van der Waals surface area contributed by atoms with E-state index in [1.54, 1.807) is 0 Å². The summed E-state index contributed by atoms with van der Waals surface area (Å²) in [5.74, 6) is -0.634. The van der Waals surface area contributed by atoms with E-state index < -0.39 is 16.0 Å². The zero-order valence-electron chi connectivity index (χ0n) is 16.8. The summed E-state index contributed by atoms with van der Waals surface area (Å²) in [6, 6.07) is 13.7. The van der Waals surface area contributed by atoms with E-state index in [1.165, 1.54) is 25.3 Å². The number of methoxy groups -OCH3 is 1. The molecule has 158 valence electrons. The van der Waals surface area contributed by atoms with Gasteiger partial charge in [0.05, 0.1) is 29.1 Å². The predicted molar refractivity (Wildman–Crippen MR) is 115 cm³/mol. The van der Waals surface area contributed by atoms with Gasteiger partial charge < -0.3 is 4.74 Å². The number of hydrogen-bond donors (Lipinski definition) is 1. The molecule has 3 rings (SSSR count). The maximum Gasteiger partial charge on any atom is 0.337 e. The van der Waals surface area contributed by atoms with Gasteiger partial charge in [-0.3, -0.25) is 0 Å². The monoisotopic (exact) mass is 447 g/mol. The molecule has 2 aromatic carbocycles. The van der Waals surface area contributed by atoms with Gasteiger partial charge in [0.25, 0.3) is 0 Å². The number of ether oxygens (including phenoxy) is 1. The Morgan fingerprint density at radius 1 is 1.13 bits per heavy atom. The molecule has 0 radical (unpaired) electrons. The number of rotatable bonds is 7. The molecule has 1 aromatic heterocycles. The summed E-state index contributed by atoms with van der Waals surface area (Å²) in [6.07, 6.45) is 0.491. The molecule has 0 atom stereocenters. The summed E-state index contributed by atoms with van der Waals surface area (Å²) in [6.45, 7) is 4.11. The van der Waals surface area contributed by atoms with E-state index in [0.717, 1.165) is 22.6 Å². The van der Waals surface area contributed by atoms with Crippen molar-refractivity contribution in [1.29, 1.82) is 0 Å². The normalized spacial score (nSPS) is 11.5. The number of benzene rings is 2. The summed E-state index contributed by atoms with van der Waals surface area (Å²) < 4.78 is 34.3. The third-order valence-corrected chi connectivity index (χ3v) is 6.48. The third-order valence-electron chi connectivity index (χ3n) is 4.54. The molecule has 0 spiro atoms. The number of hydrogen-bond acceptors (Lipinski definition) is 5. The summed E-state index contributed by atoms with van der Waals surface area (Å²) in [5, 5.41) is 4.48. The molecular formula is C21H22ClN3O4S. The number of sulfonamides is 1. The summed E-state index contributed by atoms with van der Waals surface area (Å²) in [5.41, 5.74) is 4.01. The van der Waals surface area contributed by atoms with Crippen molar-refractivity contribution >= 4 is 27.6 Å². The highest BCUT2D eigenvalue weighted by atomic mass is 35.5. The second-order valence-corrected chi connectivity index (χ2v) is 8.93. The van der Waals surface area contributed by atoms with Gasteiger partial charge in [0.15, 0.2) is 0 Å². The van der Waals surface area contributed by atoms with Crippen molar-refractivity contribution < 1.29 is 17.9 Å².